The highest BCUT2D eigenvalue weighted by atomic mass is 35.5. The zero-order chi connectivity index (χ0) is 23.4. The lowest BCUT2D eigenvalue weighted by Gasteiger charge is -2.14. The summed E-state index contributed by atoms with van der Waals surface area (Å²) in [5, 5.41) is 0.554. The molecule has 0 aliphatic carbocycles. The second-order valence-corrected chi connectivity index (χ2v) is 9.59. The summed E-state index contributed by atoms with van der Waals surface area (Å²) in [6.07, 6.45) is 1.77. The number of thiocarbonyl (C=S) groups is 1. The van der Waals surface area contributed by atoms with Crippen LogP contribution in [0.5, 0.6) is 11.5 Å². The van der Waals surface area contributed by atoms with Crippen molar-refractivity contribution in [2.75, 3.05) is 18.1 Å². The molecule has 1 aliphatic heterocycles. The highest BCUT2D eigenvalue weighted by Crippen LogP contribution is 2.37. The number of aryl methyl sites for hydroxylation is 2. The van der Waals surface area contributed by atoms with Crippen LogP contribution >= 0.6 is 35.6 Å². The van der Waals surface area contributed by atoms with Crippen molar-refractivity contribution < 1.29 is 14.3 Å². The van der Waals surface area contributed by atoms with Crippen molar-refractivity contribution in [1.82, 2.24) is 0 Å². The Labute approximate surface area is 208 Å². The van der Waals surface area contributed by atoms with Gasteiger partial charge < -0.3 is 9.47 Å². The molecule has 1 amide bonds. The number of amides is 1. The molecule has 3 aromatic rings. The quantitative estimate of drug-likeness (QED) is 0.204. The van der Waals surface area contributed by atoms with Gasteiger partial charge in [0.1, 0.15) is 24.7 Å². The van der Waals surface area contributed by atoms with Crippen molar-refractivity contribution >= 4 is 57.6 Å². The number of thioether (sulfide) groups is 1. The Morgan fingerprint density at radius 1 is 0.970 bits per heavy atom. The minimum absolute atomic E-state index is 0.166. The Morgan fingerprint density at radius 2 is 1.73 bits per heavy atom. The first-order chi connectivity index (χ1) is 15.9. The first-order valence-electron chi connectivity index (χ1n) is 10.4. The maximum atomic E-state index is 13.0. The molecule has 0 saturated carbocycles. The van der Waals surface area contributed by atoms with Crippen LogP contribution in [0.2, 0.25) is 5.02 Å². The molecule has 7 heteroatoms. The number of nitrogens with zero attached hydrogens (tertiary/aromatic N) is 1. The molecular formula is C26H22ClNO3S2. The molecule has 0 N–H and O–H groups in total. The van der Waals surface area contributed by atoms with E-state index in [9.17, 15) is 4.79 Å². The fourth-order valence-electron chi connectivity index (χ4n) is 3.29. The van der Waals surface area contributed by atoms with Crippen molar-refractivity contribution in [1.29, 1.82) is 0 Å². The number of halogens is 1. The lowest BCUT2D eigenvalue weighted by Crippen LogP contribution is -2.27. The van der Waals surface area contributed by atoms with Gasteiger partial charge in [-0.2, -0.15) is 0 Å². The summed E-state index contributed by atoms with van der Waals surface area (Å²) < 4.78 is 12.3. The van der Waals surface area contributed by atoms with Crippen LogP contribution in [0.1, 0.15) is 16.7 Å². The van der Waals surface area contributed by atoms with E-state index in [1.54, 1.807) is 24.3 Å². The van der Waals surface area contributed by atoms with Gasteiger partial charge >= 0.3 is 0 Å². The van der Waals surface area contributed by atoms with Gasteiger partial charge in [-0.1, -0.05) is 59.8 Å². The third-order valence-electron chi connectivity index (χ3n) is 5.15. The van der Waals surface area contributed by atoms with Crippen molar-refractivity contribution in [2.24, 2.45) is 0 Å². The molecule has 0 aromatic heterocycles. The molecule has 1 aliphatic rings. The molecule has 4 nitrogen and oxygen atoms in total. The van der Waals surface area contributed by atoms with E-state index in [0.29, 0.717) is 38.8 Å². The number of carbonyl (C=O) groups excluding carboxylic acids is 1. The molecule has 0 spiro atoms. The van der Waals surface area contributed by atoms with Crippen LogP contribution in [0.4, 0.5) is 5.69 Å². The smallest absolute Gasteiger partial charge is 0.270 e. The summed E-state index contributed by atoms with van der Waals surface area (Å²) in [6.45, 7) is 4.86. The summed E-state index contributed by atoms with van der Waals surface area (Å²) in [5.74, 6) is 1.26. The molecule has 0 bridgehead atoms. The maximum absolute atomic E-state index is 13.0. The summed E-state index contributed by atoms with van der Waals surface area (Å²) in [4.78, 5) is 15.1. The normalized spacial score (nSPS) is 14.8. The number of benzene rings is 3. The van der Waals surface area contributed by atoms with Gasteiger partial charge in [0.2, 0.25) is 0 Å². The van der Waals surface area contributed by atoms with Gasteiger partial charge in [-0.25, -0.2) is 0 Å². The molecule has 4 rings (SSSR count). The van der Waals surface area contributed by atoms with Crippen LogP contribution in [0.25, 0.3) is 6.08 Å². The average molecular weight is 496 g/mol. The van der Waals surface area contributed by atoms with Crippen LogP contribution in [0.3, 0.4) is 0 Å². The number of rotatable bonds is 7. The Morgan fingerprint density at radius 3 is 2.48 bits per heavy atom. The number of carbonyl (C=O) groups is 1. The second-order valence-electron chi connectivity index (χ2n) is 7.48. The van der Waals surface area contributed by atoms with Gasteiger partial charge in [-0.05, 0) is 73.5 Å². The second kappa shape index (κ2) is 10.4. The Bertz CT molecular complexity index is 1230. The van der Waals surface area contributed by atoms with E-state index in [1.807, 2.05) is 48.5 Å². The van der Waals surface area contributed by atoms with Gasteiger partial charge in [0.05, 0.1) is 10.6 Å². The number of hydrogen-bond donors (Lipinski definition) is 0. The van der Waals surface area contributed by atoms with E-state index in [-0.39, 0.29) is 5.91 Å². The van der Waals surface area contributed by atoms with Crippen molar-refractivity contribution in [3.8, 4) is 11.5 Å². The van der Waals surface area contributed by atoms with Crippen LogP contribution < -0.4 is 14.4 Å². The van der Waals surface area contributed by atoms with Crippen molar-refractivity contribution in [3.05, 3.63) is 93.3 Å². The molecule has 0 unspecified atom stereocenters. The molecule has 0 atom stereocenters. The number of hydrogen-bond acceptors (Lipinski definition) is 5. The third-order valence-corrected chi connectivity index (χ3v) is 6.69. The Balaban J connectivity index is 1.46. The lowest BCUT2D eigenvalue weighted by atomic mass is 10.1. The van der Waals surface area contributed by atoms with Gasteiger partial charge in [0.15, 0.2) is 4.32 Å². The topological polar surface area (TPSA) is 38.8 Å². The van der Waals surface area contributed by atoms with Crippen LogP contribution in [-0.4, -0.2) is 23.4 Å². The monoisotopic (exact) mass is 495 g/mol. The summed E-state index contributed by atoms with van der Waals surface area (Å²) >= 11 is 12.9. The molecule has 33 heavy (non-hydrogen) atoms. The highest BCUT2D eigenvalue weighted by Gasteiger charge is 2.33. The van der Waals surface area contributed by atoms with Gasteiger partial charge in [0.25, 0.3) is 5.91 Å². The standard InChI is InChI=1S/C26H22ClNO3S2/c1-17-8-10-22(14-18(17)2)30-12-13-31-23-11-9-20(27)15-19(23)16-24-25(29)28(26(32)33-24)21-6-4-3-5-7-21/h3-11,14-16H,12-13H2,1-2H3. The van der Waals surface area contributed by atoms with Crippen LogP contribution in [-0.2, 0) is 4.79 Å². The van der Waals surface area contributed by atoms with Gasteiger partial charge in [-0.15, -0.1) is 0 Å². The van der Waals surface area contributed by atoms with Crippen LogP contribution in [0.15, 0.2) is 71.6 Å². The summed E-state index contributed by atoms with van der Waals surface area (Å²) in [5.41, 5.74) is 3.86. The summed E-state index contributed by atoms with van der Waals surface area (Å²) in [7, 11) is 0. The number of anilines is 1. The number of ether oxygens (including phenoxy) is 2. The Hall–Kier alpha value is -2.80. The molecule has 1 saturated heterocycles. The fourth-order valence-corrected chi connectivity index (χ4v) is 4.76. The van der Waals surface area contributed by atoms with E-state index < -0.39 is 0 Å². The third kappa shape index (κ3) is 5.58. The maximum Gasteiger partial charge on any atom is 0.270 e. The predicted octanol–water partition coefficient (Wildman–Crippen LogP) is 6.82. The zero-order valence-electron chi connectivity index (χ0n) is 18.2. The van der Waals surface area contributed by atoms with Crippen LogP contribution in [0, 0.1) is 13.8 Å². The summed E-state index contributed by atoms with van der Waals surface area (Å²) in [6, 6.07) is 20.7. The Kier molecular flexibility index (Phi) is 7.38. The van der Waals surface area contributed by atoms with Gasteiger partial charge in [-0.3, -0.25) is 9.69 Å². The fraction of sp³-hybridized carbons (Fsp3) is 0.154. The van der Waals surface area contributed by atoms with E-state index in [2.05, 4.69) is 13.8 Å². The first-order valence-corrected chi connectivity index (χ1v) is 12.0. The largest absolute Gasteiger partial charge is 0.490 e. The molecule has 3 aromatic carbocycles. The highest BCUT2D eigenvalue weighted by molar-refractivity contribution is 8.27. The average Bonchev–Trinajstić information content (AvgIpc) is 3.08. The predicted molar refractivity (Wildman–Crippen MR) is 140 cm³/mol. The minimum atomic E-state index is -0.166. The molecule has 1 fully saturated rings. The zero-order valence-corrected chi connectivity index (χ0v) is 20.6. The van der Waals surface area contributed by atoms with E-state index in [4.69, 9.17) is 33.3 Å². The van der Waals surface area contributed by atoms with E-state index in [0.717, 1.165) is 11.4 Å². The molecule has 168 valence electrons. The van der Waals surface area contributed by atoms with Crippen molar-refractivity contribution in [2.45, 2.75) is 13.8 Å². The van der Waals surface area contributed by atoms with Crippen molar-refractivity contribution in [3.63, 3.8) is 0 Å². The number of para-hydroxylation sites is 1. The van der Waals surface area contributed by atoms with Gasteiger partial charge in [0, 0.05) is 10.6 Å². The molecular weight excluding hydrogens is 474 g/mol. The van der Waals surface area contributed by atoms with E-state index >= 15 is 0 Å². The minimum Gasteiger partial charge on any atom is -0.490 e. The first kappa shape index (κ1) is 23.4. The van der Waals surface area contributed by atoms with E-state index in [1.165, 1.54) is 27.8 Å². The SMILES string of the molecule is Cc1ccc(OCCOc2ccc(Cl)cc2C=C2SC(=S)N(c3ccccc3)C2=O)cc1C. The lowest BCUT2D eigenvalue weighted by molar-refractivity contribution is -0.113. The molecule has 1 heterocycles. The molecule has 0 radical (unpaired) electrons.